The van der Waals surface area contributed by atoms with Crippen molar-refractivity contribution in [1.29, 1.82) is 0 Å². The maximum absolute atomic E-state index is 12.4. The molecule has 2 aromatic carbocycles. The molecule has 4 rings (SSSR count). The van der Waals surface area contributed by atoms with E-state index in [9.17, 15) is 4.79 Å². The zero-order valence-corrected chi connectivity index (χ0v) is 14.8. The number of aromatic nitrogens is 4. The lowest BCUT2D eigenvalue weighted by Gasteiger charge is -2.08. The number of hydrogen-bond acceptors (Lipinski definition) is 5. The number of hydrogen-bond donors (Lipinski definition) is 0. The summed E-state index contributed by atoms with van der Waals surface area (Å²) in [5, 5.41) is 9.39. The zero-order chi connectivity index (χ0) is 18.1. The molecule has 0 spiro atoms. The molecular weight excluding hydrogens is 352 g/mol. The highest BCUT2D eigenvalue weighted by Crippen LogP contribution is 2.22. The Bertz CT molecular complexity index is 1120. The van der Waals surface area contributed by atoms with E-state index >= 15 is 0 Å². The van der Waals surface area contributed by atoms with Gasteiger partial charge in [0.05, 0.1) is 16.6 Å². The lowest BCUT2D eigenvalue weighted by Crippen LogP contribution is -2.06. The van der Waals surface area contributed by atoms with Crippen LogP contribution in [0.2, 0.25) is 5.15 Å². The van der Waals surface area contributed by atoms with Crippen molar-refractivity contribution in [1.82, 2.24) is 20.0 Å². The van der Waals surface area contributed by atoms with Gasteiger partial charge in [-0.2, -0.15) is 0 Å². The minimum absolute atomic E-state index is 0.0508. The topological polar surface area (TPSA) is 69.9 Å². The first-order valence-corrected chi connectivity index (χ1v) is 8.58. The van der Waals surface area contributed by atoms with Crippen molar-refractivity contribution in [3.05, 3.63) is 64.8 Å². The van der Waals surface area contributed by atoms with E-state index in [4.69, 9.17) is 16.3 Å². The van der Waals surface area contributed by atoms with Gasteiger partial charge in [-0.3, -0.25) is 0 Å². The molecular formula is C19H15ClN4O2. The fraction of sp³-hybridized carbons (Fsp3) is 0.158. The molecule has 6 nitrogen and oxygen atoms in total. The smallest absolute Gasteiger partial charge is 0.338 e. The summed E-state index contributed by atoms with van der Waals surface area (Å²) in [4.78, 5) is 16.7. The number of halogens is 1. The molecule has 7 heteroatoms. The minimum atomic E-state index is -0.442. The molecule has 0 N–H and O–H groups in total. The molecule has 0 aliphatic carbocycles. The second-order valence-electron chi connectivity index (χ2n) is 5.82. The quantitative estimate of drug-likeness (QED) is 0.403. The summed E-state index contributed by atoms with van der Waals surface area (Å²) in [5.74, 6) is -0.442. The van der Waals surface area contributed by atoms with Crippen LogP contribution >= 0.6 is 11.6 Å². The SMILES string of the molecule is CCn1nnc2cc(C(=O)OCc3cc4ccccc4nc3Cl)ccc21. The minimum Gasteiger partial charge on any atom is -0.457 e. The monoisotopic (exact) mass is 366 g/mol. The van der Waals surface area contributed by atoms with E-state index in [1.807, 2.05) is 43.3 Å². The van der Waals surface area contributed by atoms with Crippen LogP contribution in [0.1, 0.15) is 22.8 Å². The van der Waals surface area contributed by atoms with E-state index in [1.54, 1.807) is 16.8 Å². The number of benzene rings is 2. The Hall–Kier alpha value is -2.99. The number of nitrogens with zero attached hydrogens (tertiary/aromatic N) is 4. The van der Waals surface area contributed by atoms with Gasteiger partial charge in [-0.15, -0.1) is 5.10 Å². The average Bonchev–Trinajstić information content (AvgIpc) is 3.08. The lowest BCUT2D eigenvalue weighted by molar-refractivity contribution is 0.0473. The summed E-state index contributed by atoms with van der Waals surface area (Å²) in [5.41, 5.74) is 3.43. The van der Waals surface area contributed by atoms with Crippen molar-refractivity contribution in [2.24, 2.45) is 0 Å². The molecule has 26 heavy (non-hydrogen) atoms. The van der Waals surface area contributed by atoms with E-state index in [1.165, 1.54) is 0 Å². The number of esters is 1. The van der Waals surface area contributed by atoms with E-state index in [0.717, 1.165) is 16.4 Å². The summed E-state index contributed by atoms with van der Waals surface area (Å²) >= 11 is 6.21. The first-order chi connectivity index (χ1) is 12.7. The van der Waals surface area contributed by atoms with Gasteiger partial charge in [0.25, 0.3) is 0 Å². The molecule has 0 saturated carbocycles. The Labute approximate surface area is 154 Å². The van der Waals surface area contributed by atoms with Gasteiger partial charge in [0.2, 0.25) is 0 Å². The van der Waals surface area contributed by atoms with Crippen LogP contribution in [0.15, 0.2) is 48.5 Å². The normalized spacial score (nSPS) is 11.2. The number of fused-ring (bicyclic) bond motifs is 2. The van der Waals surface area contributed by atoms with Gasteiger partial charge < -0.3 is 4.74 Å². The maximum atomic E-state index is 12.4. The molecule has 0 unspecified atom stereocenters. The third-order valence-electron chi connectivity index (χ3n) is 4.16. The predicted molar refractivity (Wildman–Crippen MR) is 99.1 cm³/mol. The van der Waals surface area contributed by atoms with Crippen molar-refractivity contribution < 1.29 is 9.53 Å². The molecule has 0 saturated heterocycles. The highest BCUT2D eigenvalue weighted by atomic mass is 35.5. The van der Waals surface area contributed by atoms with Gasteiger partial charge in [-0.1, -0.05) is 35.0 Å². The van der Waals surface area contributed by atoms with Crippen LogP contribution in [-0.2, 0) is 17.9 Å². The first-order valence-electron chi connectivity index (χ1n) is 8.20. The number of carbonyl (C=O) groups excluding carboxylic acids is 1. The molecule has 0 amide bonds. The van der Waals surface area contributed by atoms with Crippen LogP contribution in [0.25, 0.3) is 21.9 Å². The average molecular weight is 367 g/mol. The van der Waals surface area contributed by atoms with Crippen molar-refractivity contribution in [2.75, 3.05) is 0 Å². The highest BCUT2D eigenvalue weighted by Gasteiger charge is 2.13. The van der Waals surface area contributed by atoms with Crippen LogP contribution in [-0.4, -0.2) is 25.9 Å². The summed E-state index contributed by atoms with van der Waals surface area (Å²) in [6.45, 7) is 2.75. The molecule has 2 heterocycles. The van der Waals surface area contributed by atoms with Gasteiger partial charge in [0.15, 0.2) is 0 Å². The molecule has 0 atom stereocenters. The zero-order valence-electron chi connectivity index (χ0n) is 14.0. The van der Waals surface area contributed by atoms with Crippen LogP contribution < -0.4 is 0 Å². The van der Waals surface area contributed by atoms with Gasteiger partial charge >= 0.3 is 5.97 Å². The third kappa shape index (κ3) is 2.99. The van der Waals surface area contributed by atoms with Crippen LogP contribution in [0.3, 0.4) is 0 Å². The van der Waals surface area contributed by atoms with Gasteiger partial charge in [-0.05, 0) is 37.3 Å². The summed E-state index contributed by atoms with van der Waals surface area (Å²) in [6, 6.07) is 14.7. The number of rotatable bonds is 4. The maximum Gasteiger partial charge on any atom is 0.338 e. The van der Waals surface area contributed by atoms with E-state index in [-0.39, 0.29) is 6.61 Å². The summed E-state index contributed by atoms with van der Waals surface area (Å²) < 4.78 is 7.18. The summed E-state index contributed by atoms with van der Waals surface area (Å²) in [6.07, 6.45) is 0. The first kappa shape index (κ1) is 16.5. The van der Waals surface area contributed by atoms with Crippen molar-refractivity contribution in [2.45, 2.75) is 20.1 Å². The highest BCUT2D eigenvalue weighted by molar-refractivity contribution is 6.30. The summed E-state index contributed by atoms with van der Waals surface area (Å²) in [7, 11) is 0. The number of pyridine rings is 1. The second kappa shape index (κ2) is 6.72. The number of ether oxygens (including phenoxy) is 1. The standard InChI is InChI=1S/C19H15ClN4O2/c1-2-24-17-8-7-13(10-16(17)22-23-24)19(25)26-11-14-9-12-5-3-4-6-15(12)21-18(14)20/h3-10H,2,11H2,1H3. The van der Waals surface area contributed by atoms with Crippen molar-refractivity contribution in [3.8, 4) is 0 Å². The molecule has 4 aromatic rings. The number of para-hydroxylation sites is 1. The van der Waals surface area contributed by atoms with E-state index < -0.39 is 5.97 Å². The molecule has 2 aromatic heterocycles. The Morgan fingerprint density at radius 2 is 2.00 bits per heavy atom. The number of carbonyl (C=O) groups is 1. The predicted octanol–water partition coefficient (Wildman–Crippen LogP) is 4.01. The van der Waals surface area contributed by atoms with Gasteiger partial charge in [0, 0.05) is 17.5 Å². The molecule has 0 fully saturated rings. The van der Waals surface area contributed by atoms with E-state index in [0.29, 0.717) is 28.3 Å². The Morgan fingerprint density at radius 1 is 1.15 bits per heavy atom. The fourth-order valence-corrected chi connectivity index (χ4v) is 3.00. The lowest BCUT2D eigenvalue weighted by atomic mass is 10.1. The largest absolute Gasteiger partial charge is 0.457 e. The fourth-order valence-electron chi connectivity index (χ4n) is 2.80. The molecule has 0 bridgehead atoms. The number of aryl methyl sites for hydroxylation is 1. The van der Waals surface area contributed by atoms with Crippen LogP contribution in [0.5, 0.6) is 0 Å². The Kier molecular flexibility index (Phi) is 4.26. The molecule has 130 valence electrons. The van der Waals surface area contributed by atoms with Crippen LogP contribution in [0, 0.1) is 0 Å². The van der Waals surface area contributed by atoms with Gasteiger partial charge in [0.1, 0.15) is 17.3 Å². The van der Waals surface area contributed by atoms with Crippen molar-refractivity contribution >= 4 is 39.5 Å². The van der Waals surface area contributed by atoms with Crippen molar-refractivity contribution in [3.63, 3.8) is 0 Å². The molecule has 0 radical (unpaired) electrons. The Balaban J connectivity index is 1.54. The molecule has 0 aliphatic heterocycles. The third-order valence-corrected chi connectivity index (χ3v) is 4.49. The Morgan fingerprint density at radius 3 is 2.85 bits per heavy atom. The van der Waals surface area contributed by atoms with Gasteiger partial charge in [-0.25, -0.2) is 14.5 Å². The second-order valence-corrected chi connectivity index (χ2v) is 6.17. The van der Waals surface area contributed by atoms with Crippen LogP contribution in [0.4, 0.5) is 0 Å². The molecule has 0 aliphatic rings. The van der Waals surface area contributed by atoms with E-state index in [2.05, 4.69) is 15.3 Å².